The van der Waals surface area contributed by atoms with E-state index in [1.807, 2.05) is 0 Å². The number of aromatic nitrogens is 2. The molecule has 1 aliphatic heterocycles. The summed E-state index contributed by atoms with van der Waals surface area (Å²) in [5, 5.41) is 10.5. The van der Waals surface area contributed by atoms with Gasteiger partial charge in [0.2, 0.25) is 11.0 Å². The quantitative estimate of drug-likeness (QED) is 0.742. The number of amides is 1. The summed E-state index contributed by atoms with van der Waals surface area (Å²) >= 11 is 1.27. The maximum atomic E-state index is 11.8. The monoisotopic (exact) mass is 228 g/mol. The highest BCUT2D eigenvalue weighted by molar-refractivity contribution is 7.13. The fourth-order valence-electron chi connectivity index (χ4n) is 1.41. The maximum Gasteiger partial charge on any atom is 0.246 e. The Balaban J connectivity index is 2.00. The molecule has 2 heterocycles. The Morgan fingerprint density at radius 2 is 2.33 bits per heavy atom. The molecular weight excluding hydrogens is 216 g/mol. The average Bonchev–Trinajstić information content (AvgIpc) is 2.71. The SMILES string of the molecule is NC1(C(=O)Nc2nncs2)CCOCC1. The molecule has 7 heteroatoms. The third kappa shape index (κ3) is 2.31. The standard InChI is InChI=1S/C8H12N4O2S/c9-8(1-3-14-4-2-8)6(13)11-7-12-10-5-15-7/h5H,1-4,9H2,(H,11,12,13). The van der Waals surface area contributed by atoms with Crippen molar-refractivity contribution >= 4 is 22.4 Å². The fourth-order valence-corrected chi connectivity index (χ4v) is 1.85. The second-order valence-corrected chi connectivity index (χ2v) is 4.30. The van der Waals surface area contributed by atoms with E-state index in [1.165, 1.54) is 11.3 Å². The van der Waals surface area contributed by atoms with Crippen LogP contribution < -0.4 is 11.1 Å². The van der Waals surface area contributed by atoms with Crippen molar-refractivity contribution in [1.29, 1.82) is 0 Å². The van der Waals surface area contributed by atoms with Crippen LogP contribution in [0.1, 0.15) is 12.8 Å². The predicted octanol–water partition coefficient (Wildman–Crippen LogP) is -0.0155. The van der Waals surface area contributed by atoms with Crippen molar-refractivity contribution in [2.24, 2.45) is 5.73 Å². The third-order valence-electron chi connectivity index (χ3n) is 2.42. The minimum Gasteiger partial charge on any atom is -0.381 e. The van der Waals surface area contributed by atoms with Crippen LogP contribution >= 0.6 is 11.3 Å². The highest BCUT2D eigenvalue weighted by Gasteiger charge is 2.36. The molecule has 0 unspecified atom stereocenters. The zero-order chi connectivity index (χ0) is 10.7. The maximum absolute atomic E-state index is 11.8. The van der Waals surface area contributed by atoms with E-state index in [1.54, 1.807) is 5.51 Å². The van der Waals surface area contributed by atoms with Crippen molar-refractivity contribution in [3.8, 4) is 0 Å². The lowest BCUT2D eigenvalue weighted by molar-refractivity contribution is -0.124. The van der Waals surface area contributed by atoms with Gasteiger partial charge in [0, 0.05) is 13.2 Å². The van der Waals surface area contributed by atoms with Gasteiger partial charge in [-0.05, 0) is 12.8 Å². The number of nitrogens with one attached hydrogen (secondary N) is 1. The number of hydrogen-bond acceptors (Lipinski definition) is 6. The summed E-state index contributed by atoms with van der Waals surface area (Å²) in [4.78, 5) is 11.8. The first kappa shape index (κ1) is 10.5. The van der Waals surface area contributed by atoms with Crippen LogP contribution in [-0.4, -0.2) is 34.9 Å². The first-order chi connectivity index (χ1) is 7.21. The summed E-state index contributed by atoms with van der Waals surface area (Å²) in [6, 6.07) is 0. The number of ether oxygens (including phenoxy) is 1. The molecule has 0 aromatic carbocycles. The lowest BCUT2D eigenvalue weighted by atomic mass is 9.90. The predicted molar refractivity (Wildman–Crippen MR) is 55.5 cm³/mol. The average molecular weight is 228 g/mol. The van der Waals surface area contributed by atoms with Crippen LogP contribution in [0.25, 0.3) is 0 Å². The molecule has 0 aliphatic carbocycles. The molecule has 1 aromatic heterocycles. The van der Waals surface area contributed by atoms with Crippen molar-refractivity contribution in [3.63, 3.8) is 0 Å². The summed E-state index contributed by atoms with van der Waals surface area (Å²) in [5.41, 5.74) is 6.71. The van der Waals surface area contributed by atoms with Crippen molar-refractivity contribution < 1.29 is 9.53 Å². The summed E-state index contributed by atoms with van der Waals surface area (Å²) in [7, 11) is 0. The Bertz CT molecular complexity index is 334. The summed E-state index contributed by atoms with van der Waals surface area (Å²) < 4.78 is 5.16. The van der Waals surface area contributed by atoms with Gasteiger partial charge in [-0.25, -0.2) is 0 Å². The van der Waals surface area contributed by atoms with E-state index in [0.29, 0.717) is 31.2 Å². The molecule has 6 nitrogen and oxygen atoms in total. The van der Waals surface area contributed by atoms with Crippen molar-refractivity contribution in [2.45, 2.75) is 18.4 Å². The van der Waals surface area contributed by atoms with Gasteiger partial charge in [0.05, 0.1) is 0 Å². The van der Waals surface area contributed by atoms with Crippen LogP contribution in [0.5, 0.6) is 0 Å². The lowest BCUT2D eigenvalue weighted by Gasteiger charge is -2.31. The molecule has 1 aliphatic rings. The van der Waals surface area contributed by atoms with E-state index in [0.717, 1.165) is 0 Å². The third-order valence-corrected chi connectivity index (χ3v) is 3.02. The van der Waals surface area contributed by atoms with Gasteiger partial charge in [0.25, 0.3) is 0 Å². The van der Waals surface area contributed by atoms with Crippen LogP contribution in [0.2, 0.25) is 0 Å². The summed E-state index contributed by atoms with van der Waals surface area (Å²) in [6.07, 6.45) is 1.08. The zero-order valence-corrected chi connectivity index (χ0v) is 8.92. The molecule has 0 atom stereocenters. The lowest BCUT2D eigenvalue weighted by Crippen LogP contribution is -2.54. The number of carbonyl (C=O) groups excluding carboxylic acids is 1. The zero-order valence-electron chi connectivity index (χ0n) is 8.10. The molecule has 1 aromatic rings. The van der Waals surface area contributed by atoms with E-state index in [2.05, 4.69) is 15.5 Å². The van der Waals surface area contributed by atoms with E-state index in [9.17, 15) is 4.79 Å². The number of carbonyl (C=O) groups is 1. The van der Waals surface area contributed by atoms with Gasteiger partial charge < -0.3 is 10.5 Å². The highest BCUT2D eigenvalue weighted by atomic mass is 32.1. The largest absolute Gasteiger partial charge is 0.381 e. The number of rotatable bonds is 2. The Morgan fingerprint density at radius 3 is 2.93 bits per heavy atom. The Kier molecular flexibility index (Phi) is 2.94. The van der Waals surface area contributed by atoms with Crippen LogP contribution in [0.4, 0.5) is 5.13 Å². The van der Waals surface area contributed by atoms with E-state index in [4.69, 9.17) is 10.5 Å². The molecule has 0 spiro atoms. The molecular formula is C8H12N4O2S. The fraction of sp³-hybridized carbons (Fsp3) is 0.625. The minimum atomic E-state index is -0.829. The number of nitrogens with zero attached hydrogens (tertiary/aromatic N) is 2. The minimum absolute atomic E-state index is 0.206. The second kappa shape index (κ2) is 4.21. The molecule has 1 fully saturated rings. The van der Waals surface area contributed by atoms with E-state index < -0.39 is 5.54 Å². The second-order valence-electron chi connectivity index (χ2n) is 3.47. The van der Waals surface area contributed by atoms with Crippen molar-refractivity contribution in [3.05, 3.63) is 5.51 Å². The van der Waals surface area contributed by atoms with Gasteiger partial charge in [0.15, 0.2) is 0 Å². The molecule has 0 saturated carbocycles. The molecule has 1 saturated heterocycles. The molecule has 2 rings (SSSR count). The van der Waals surface area contributed by atoms with Gasteiger partial charge in [0.1, 0.15) is 11.0 Å². The first-order valence-corrected chi connectivity index (χ1v) is 5.53. The number of hydrogen-bond donors (Lipinski definition) is 2. The molecule has 82 valence electrons. The molecule has 15 heavy (non-hydrogen) atoms. The summed E-state index contributed by atoms with van der Waals surface area (Å²) in [5.74, 6) is -0.206. The van der Waals surface area contributed by atoms with E-state index in [-0.39, 0.29) is 5.91 Å². The van der Waals surface area contributed by atoms with Crippen LogP contribution in [0.3, 0.4) is 0 Å². The molecule has 0 bridgehead atoms. The van der Waals surface area contributed by atoms with E-state index >= 15 is 0 Å². The Morgan fingerprint density at radius 1 is 1.60 bits per heavy atom. The Hall–Kier alpha value is -1.05. The van der Waals surface area contributed by atoms with Crippen molar-refractivity contribution in [1.82, 2.24) is 10.2 Å². The normalized spacial score (nSPS) is 19.8. The Labute approximate surface area is 90.8 Å². The smallest absolute Gasteiger partial charge is 0.246 e. The van der Waals surface area contributed by atoms with Gasteiger partial charge >= 0.3 is 0 Å². The van der Waals surface area contributed by atoms with Gasteiger partial charge in [-0.2, -0.15) is 0 Å². The summed E-state index contributed by atoms with van der Waals surface area (Å²) in [6.45, 7) is 1.06. The van der Waals surface area contributed by atoms with Crippen LogP contribution in [-0.2, 0) is 9.53 Å². The topological polar surface area (TPSA) is 90.1 Å². The number of nitrogens with two attached hydrogens (primary N) is 1. The molecule has 3 N–H and O–H groups in total. The van der Waals surface area contributed by atoms with Gasteiger partial charge in [-0.3, -0.25) is 10.1 Å². The van der Waals surface area contributed by atoms with Crippen LogP contribution in [0, 0.1) is 0 Å². The van der Waals surface area contributed by atoms with Crippen LogP contribution in [0.15, 0.2) is 5.51 Å². The van der Waals surface area contributed by atoms with Gasteiger partial charge in [-0.15, -0.1) is 10.2 Å². The number of anilines is 1. The van der Waals surface area contributed by atoms with Gasteiger partial charge in [-0.1, -0.05) is 11.3 Å². The van der Waals surface area contributed by atoms with Crippen molar-refractivity contribution in [2.75, 3.05) is 18.5 Å². The first-order valence-electron chi connectivity index (χ1n) is 4.65. The molecule has 1 amide bonds. The molecule has 0 radical (unpaired) electrons. The highest BCUT2D eigenvalue weighted by Crippen LogP contribution is 2.20.